The van der Waals surface area contributed by atoms with Crippen LogP contribution in [0.4, 0.5) is 4.39 Å². The third-order valence-electron chi connectivity index (χ3n) is 4.09. The van der Waals surface area contributed by atoms with Crippen LogP contribution in [0.3, 0.4) is 0 Å². The molecule has 1 saturated heterocycles. The molecule has 5 heteroatoms. The van der Waals surface area contributed by atoms with Crippen LogP contribution in [0.15, 0.2) is 18.2 Å². The van der Waals surface area contributed by atoms with E-state index in [1.165, 1.54) is 13.2 Å². The van der Waals surface area contributed by atoms with Crippen LogP contribution in [0.2, 0.25) is 0 Å². The summed E-state index contributed by atoms with van der Waals surface area (Å²) in [5, 5.41) is 8.56. The largest absolute Gasteiger partial charge is 0.465 e. The lowest BCUT2D eigenvalue weighted by molar-refractivity contribution is 0.0595. The molecule has 2 rings (SSSR count). The highest BCUT2D eigenvalue weighted by Crippen LogP contribution is 2.22. The molecule has 1 aliphatic heterocycles. The van der Waals surface area contributed by atoms with Crippen molar-refractivity contribution in [3.63, 3.8) is 0 Å². The zero-order chi connectivity index (χ0) is 15.9. The molecule has 0 aromatic heterocycles. The average molecular weight is 304 g/mol. The first-order valence-corrected chi connectivity index (χ1v) is 7.60. The van der Waals surface area contributed by atoms with Gasteiger partial charge in [-0.2, -0.15) is 5.26 Å². The van der Waals surface area contributed by atoms with Crippen molar-refractivity contribution in [1.29, 1.82) is 5.26 Å². The van der Waals surface area contributed by atoms with Gasteiger partial charge in [-0.25, -0.2) is 9.18 Å². The van der Waals surface area contributed by atoms with E-state index >= 15 is 0 Å². The summed E-state index contributed by atoms with van der Waals surface area (Å²) in [6.07, 6.45) is 3.43. The molecule has 0 radical (unpaired) electrons. The third kappa shape index (κ3) is 4.28. The van der Waals surface area contributed by atoms with Gasteiger partial charge in [0, 0.05) is 13.0 Å². The zero-order valence-electron chi connectivity index (χ0n) is 12.8. The molecule has 1 aromatic carbocycles. The highest BCUT2D eigenvalue weighted by molar-refractivity contribution is 5.89. The molecule has 0 saturated carbocycles. The monoisotopic (exact) mass is 304 g/mol. The Bertz CT molecular complexity index is 568. The molecule has 0 N–H and O–H groups in total. The number of unbranched alkanes of at least 4 members (excludes halogenated alkanes) is 1. The van der Waals surface area contributed by atoms with Crippen LogP contribution >= 0.6 is 0 Å². The fourth-order valence-electron chi connectivity index (χ4n) is 2.96. The van der Waals surface area contributed by atoms with Crippen LogP contribution in [-0.4, -0.2) is 37.6 Å². The molecule has 1 unspecified atom stereocenters. The van der Waals surface area contributed by atoms with Gasteiger partial charge in [-0.05, 0) is 56.0 Å². The summed E-state index contributed by atoms with van der Waals surface area (Å²) < 4.78 is 18.2. The van der Waals surface area contributed by atoms with Gasteiger partial charge in [-0.3, -0.25) is 0 Å². The number of hydrogen-bond acceptors (Lipinski definition) is 4. The molecule has 1 heterocycles. The van der Waals surface area contributed by atoms with Crippen LogP contribution in [-0.2, 0) is 11.2 Å². The van der Waals surface area contributed by atoms with Crippen molar-refractivity contribution in [2.45, 2.75) is 25.7 Å². The van der Waals surface area contributed by atoms with E-state index in [0.29, 0.717) is 12.3 Å². The number of nitrogens with zero attached hydrogens (tertiary/aromatic N) is 2. The molecule has 1 fully saturated rings. The quantitative estimate of drug-likeness (QED) is 0.599. The van der Waals surface area contributed by atoms with E-state index in [0.717, 1.165) is 44.5 Å². The number of nitriles is 1. The Morgan fingerprint density at radius 2 is 2.36 bits per heavy atom. The molecule has 4 nitrogen and oxygen atoms in total. The van der Waals surface area contributed by atoms with Gasteiger partial charge in [0.2, 0.25) is 0 Å². The maximum atomic E-state index is 13.6. The van der Waals surface area contributed by atoms with E-state index < -0.39 is 11.8 Å². The van der Waals surface area contributed by atoms with Crippen molar-refractivity contribution in [2.75, 3.05) is 26.7 Å². The smallest absolute Gasteiger partial charge is 0.340 e. The van der Waals surface area contributed by atoms with Gasteiger partial charge < -0.3 is 9.64 Å². The van der Waals surface area contributed by atoms with Crippen molar-refractivity contribution in [3.8, 4) is 6.07 Å². The Kier molecular flexibility index (Phi) is 5.91. The minimum atomic E-state index is -0.635. The third-order valence-corrected chi connectivity index (χ3v) is 4.09. The highest BCUT2D eigenvalue weighted by Gasteiger charge is 2.23. The number of likely N-dealkylation sites (tertiary alicyclic amines) is 1. The van der Waals surface area contributed by atoms with Crippen LogP contribution in [0.1, 0.15) is 35.2 Å². The Balaban J connectivity index is 1.92. The summed E-state index contributed by atoms with van der Waals surface area (Å²) in [5.41, 5.74) is 0.967. The predicted molar refractivity (Wildman–Crippen MR) is 80.8 cm³/mol. The lowest BCUT2D eigenvalue weighted by Gasteiger charge is -2.15. The van der Waals surface area contributed by atoms with Crippen molar-refractivity contribution >= 4 is 5.97 Å². The molecule has 118 valence electrons. The molecule has 22 heavy (non-hydrogen) atoms. The van der Waals surface area contributed by atoms with E-state index in [2.05, 4.69) is 15.7 Å². The predicted octanol–water partition coefficient (Wildman–Crippen LogP) is 2.78. The number of benzene rings is 1. The normalized spacial score (nSPS) is 18.1. The van der Waals surface area contributed by atoms with E-state index in [1.807, 2.05) is 0 Å². The van der Waals surface area contributed by atoms with Gasteiger partial charge in [0.1, 0.15) is 5.82 Å². The minimum absolute atomic E-state index is 0.00359. The lowest BCUT2D eigenvalue weighted by Crippen LogP contribution is -2.22. The summed E-state index contributed by atoms with van der Waals surface area (Å²) in [7, 11) is 1.25. The Labute approximate surface area is 130 Å². The van der Waals surface area contributed by atoms with Crippen molar-refractivity contribution in [1.82, 2.24) is 4.90 Å². The zero-order valence-corrected chi connectivity index (χ0v) is 12.8. The average Bonchev–Trinajstić information content (AvgIpc) is 2.96. The topological polar surface area (TPSA) is 53.3 Å². The number of rotatable bonds is 6. The fraction of sp³-hybridized carbons (Fsp3) is 0.529. The molecule has 0 amide bonds. The first-order valence-electron chi connectivity index (χ1n) is 7.60. The van der Waals surface area contributed by atoms with Crippen molar-refractivity contribution < 1.29 is 13.9 Å². The number of carbonyl (C=O) groups excluding carboxylic acids is 1. The van der Waals surface area contributed by atoms with E-state index in [9.17, 15) is 9.18 Å². The Hall–Kier alpha value is -1.93. The maximum Gasteiger partial charge on any atom is 0.340 e. The summed E-state index contributed by atoms with van der Waals surface area (Å²) in [6, 6.07) is 6.83. The van der Waals surface area contributed by atoms with Gasteiger partial charge >= 0.3 is 5.97 Å². The number of ether oxygens (including phenoxy) is 1. The molecule has 1 aliphatic rings. The minimum Gasteiger partial charge on any atom is -0.465 e. The number of methoxy groups -OCH3 is 1. The van der Waals surface area contributed by atoms with Crippen LogP contribution in [0.5, 0.6) is 0 Å². The van der Waals surface area contributed by atoms with Crippen LogP contribution in [0.25, 0.3) is 0 Å². The number of hydrogen-bond donors (Lipinski definition) is 0. The van der Waals surface area contributed by atoms with Gasteiger partial charge in [0.05, 0.1) is 18.7 Å². The Morgan fingerprint density at radius 1 is 1.55 bits per heavy atom. The van der Waals surface area contributed by atoms with Crippen LogP contribution < -0.4 is 0 Å². The van der Waals surface area contributed by atoms with Gasteiger partial charge in [-0.15, -0.1) is 0 Å². The summed E-state index contributed by atoms with van der Waals surface area (Å²) in [5.74, 6) is -0.665. The van der Waals surface area contributed by atoms with E-state index in [1.54, 1.807) is 12.1 Å². The second-order valence-corrected chi connectivity index (χ2v) is 5.73. The van der Waals surface area contributed by atoms with Gasteiger partial charge in [0.15, 0.2) is 0 Å². The molecular formula is C17H21FN2O2. The van der Waals surface area contributed by atoms with Gasteiger partial charge in [-0.1, -0.05) is 6.07 Å². The number of halogens is 1. The highest BCUT2D eigenvalue weighted by atomic mass is 19.1. The molecule has 0 bridgehead atoms. The second-order valence-electron chi connectivity index (χ2n) is 5.73. The number of carbonyl (C=O) groups is 1. The summed E-state index contributed by atoms with van der Waals surface area (Å²) >= 11 is 0. The van der Waals surface area contributed by atoms with Gasteiger partial charge in [0.25, 0.3) is 0 Å². The van der Waals surface area contributed by atoms with Crippen molar-refractivity contribution in [2.24, 2.45) is 5.92 Å². The molecule has 1 atom stereocenters. The molecular weight excluding hydrogens is 283 g/mol. The fourth-order valence-corrected chi connectivity index (χ4v) is 2.96. The molecule has 1 aromatic rings. The van der Waals surface area contributed by atoms with E-state index in [4.69, 9.17) is 5.26 Å². The standard InChI is InChI=1S/C17H21FN2O2/c1-22-17(21)15-11-13(4-5-16(15)18)10-14-6-9-20(12-14)8-3-2-7-19/h4-5,11,14H,2-3,6,8-10,12H2,1H3. The second kappa shape index (κ2) is 7.90. The summed E-state index contributed by atoms with van der Waals surface area (Å²) in [6.45, 7) is 3.00. The molecule has 0 aliphatic carbocycles. The molecule has 0 spiro atoms. The first-order chi connectivity index (χ1) is 10.6. The first kappa shape index (κ1) is 16.4. The van der Waals surface area contributed by atoms with E-state index in [-0.39, 0.29) is 5.56 Å². The maximum absolute atomic E-state index is 13.6. The van der Waals surface area contributed by atoms with Crippen molar-refractivity contribution in [3.05, 3.63) is 35.1 Å². The Morgan fingerprint density at radius 3 is 3.09 bits per heavy atom. The van der Waals surface area contributed by atoms with Crippen LogP contribution in [0, 0.1) is 23.1 Å². The summed E-state index contributed by atoms with van der Waals surface area (Å²) in [4.78, 5) is 13.9. The lowest BCUT2D eigenvalue weighted by atomic mass is 9.97. The SMILES string of the molecule is COC(=O)c1cc(CC2CCN(CCCC#N)C2)ccc1F. The number of esters is 1.